The Labute approximate surface area is 385 Å². The molecule has 17 heteroatoms. The number of fused-ring (bicyclic) bond motifs is 4. The first-order chi connectivity index (χ1) is 32.1. The summed E-state index contributed by atoms with van der Waals surface area (Å²) in [5, 5.41) is 12.1. The third-order valence-electron chi connectivity index (χ3n) is 10.8. The van der Waals surface area contributed by atoms with Gasteiger partial charge in [-0.1, -0.05) is 41.6 Å². The summed E-state index contributed by atoms with van der Waals surface area (Å²) in [5.74, 6) is 4.35. The van der Waals surface area contributed by atoms with Crippen LogP contribution in [0.2, 0.25) is 5.02 Å². The number of nitrogens with zero attached hydrogens (tertiary/aromatic N) is 4. The summed E-state index contributed by atoms with van der Waals surface area (Å²) < 4.78 is 40.2. The zero-order valence-electron chi connectivity index (χ0n) is 36.1. The number of benzene rings is 4. The fourth-order valence-electron chi connectivity index (χ4n) is 7.47. The van der Waals surface area contributed by atoms with E-state index in [2.05, 4.69) is 48.1 Å². The molecule has 0 saturated carbocycles. The van der Waals surface area contributed by atoms with Gasteiger partial charge in [0, 0.05) is 89.3 Å². The molecule has 3 aliphatic rings. The SMILES string of the molecule is CNCCOCCOCCNCCC#Cc1cccc2c1CN(C1CCC(=O)NC1=O)C2=O.O=Cc1ccc(Nc2ncc3c(n2)-c2ccc(Cl)cc2C(c2c(F)cccc2F)=NC3)cc1. The van der Waals surface area contributed by atoms with Gasteiger partial charge in [0.1, 0.15) is 24.0 Å². The Balaban J connectivity index is 0.000000196. The number of rotatable bonds is 16. The highest BCUT2D eigenvalue weighted by molar-refractivity contribution is 6.31. The summed E-state index contributed by atoms with van der Waals surface area (Å²) >= 11 is 6.24. The van der Waals surface area contributed by atoms with E-state index in [9.17, 15) is 28.0 Å². The van der Waals surface area contributed by atoms with Crippen LogP contribution in [0, 0.1) is 23.5 Å². The molecule has 1 fully saturated rings. The lowest BCUT2D eigenvalue weighted by Gasteiger charge is -2.29. The second-order valence-corrected chi connectivity index (χ2v) is 15.7. The number of amides is 3. The number of hydrogen-bond acceptors (Lipinski definition) is 12. The highest BCUT2D eigenvalue weighted by Crippen LogP contribution is 2.35. The molecule has 4 heterocycles. The van der Waals surface area contributed by atoms with Crippen LogP contribution in [-0.4, -0.2) is 104 Å². The lowest BCUT2D eigenvalue weighted by Crippen LogP contribution is -2.52. The van der Waals surface area contributed by atoms with Gasteiger partial charge in [0.05, 0.1) is 49.9 Å². The summed E-state index contributed by atoms with van der Waals surface area (Å²) in [7, 11) is 1.89. The number of carbonyl (C=O) groups excluding carboxylic acids is 4. The van der Waals surface area contributed by atoms with Crippen molar-refractivity contribution in [1.29, 1.82) is 0 Å². The monoisotopic (exact) mass is 916 g/mol. The Morgan fingerprint density at radius 2 is 1.67 bits per heavy atom. The average molecular weight is 917 g/mol. The van der Waals surface area contributed by atoms with Crippen LogP contribution in [0.4, 0.5) is 20.4 Å². The number of piperidine rings is 1. The molecule has 0 spiro atoms. The zero-order valence-corrected chi connectivity index (χ0v) is 36.9. The topological polar surface area (TPSA) is 176 Å². The number of carbonyl (C=O) groups is 4. The van der Waals surface area contributed by atoms with Gasteiger partial charge in [-0.15, -0.1) is 0 Å². The van der Waals surface area contributed by atoms with E-state index in [1.54, 1.807) is 59.6 Å². The Morgan fingerprint density at radius 3 is 2.41 bits per heavy atom. The number of ether oxygens (including phenoxy) is 2. The second kappa shape index (κ2) is 22.9. The quantitative estimate of drug-likeness (QED) is 0.0395. The van der Waals surface area contributed by atoms with Crippen molar-refractivity contribution in [3.8, 4) is 23.1 Å². The molecular formula is C49H47ClF2N8O6. The van der Waals surface area contributed by atoms with Crippen molar-refractivity contribution in [3.05, 3.63) is 141 Å². The molecule has 4 aromatic carbocycles. The van der Waals surface area contributed by atoms with Gasteiger partial charge in [-0.2, -0.15) is 0 Å². The largest absolute Gasteiger partial charge is 0.378 e. The molecule has 4 N–H and O–H groups in total. The number of anilines is 2. The molecule has 14 nitrogen and oxygen atoms in total. The summed E-state index contributed by atoms with van der Waals surface area (Å²) in [5.41, 5.74) is 5.84. The number of aliphatic imine (C=N–C) groups is 1. The maximum absolute atomic E-state index is 14.6. The van der Waals surface area contributed by atoms with Crippen LogP contribution in [0.1, 0.15) is 67.8 Å². The average Bonchev–Trinajstić information content (AvgIpc) is 3.57. The molecule has 1 atom stereocenters. The highest BCUT2D eigenvalue weighted by atomic mass is 35.5. The highest BCUT2D eigenvalue weighted by Gasteiger charge is 2.39. The first-order valence-electron chi connectivity index (χ1n) is 21.4. The Kier molecular flexibility index (Phi) is 16.4. The summed E-state index contributed by atoms with van der Waals surface area (Å²) in [4.78, 5) is 62.4. The van der Waals surface area contributed by atoms with Gasteiger partial charge < -0.3 is 30.3 Å². The van der Waals surface area contributed by atoms with Gasteiger partial charge in [0.2, 0.25) is 17.8 Å². The fourth-order valence-corrected chi connectivity index (χ4v) is 7.65. The summed E-state index contributed by atoms with van der Waals surface area (Å²) in [6.45, 7) is 5.27. The van der Waals surface area contributed by atoms with Gasteiger partial charge in [-0.25, -0.2) is 18.7 Å². The van der Waals surface area contributed by atoms with Gasteiger partial charge in [-0.3, -0.25) is 29.5 Å². The number of aromatic nitrogens is 2. The molecule has 1 saturated heterocycles. The molecule has 0 bridgehead atoms. The lowest BCUT2D eigenvalue weighted by molar-refractivity contribution is -0.136. The minimum Gasteiger partial charge on any atom is -0.378 e. The Bertz CT molecular complexity index is 2670. The predicted molar refractivity (Wildman–Crippen MR) is 246 cm³/mol. The third-order valence-corrected chi connectivity index (χ3v) is 11.0. The molecule has 5 aromatic rings. The fraction of sp³-hybridized carbons (Fsp3) is 0.286. The van der Waals surface area contributed by atoms with Crippen molar-refractivity contribution in [3.63, 3.8) is 0 Å². The van der Waals surface area contributed by atoms with E-state index < -0.39 is 23.6 Å². The van der Waals surface area contributed by atoms with E-state index in [1.807, 2.05) is 19.2 Å². The molecule has 8 rings (SSSR count). The second-order valence-electron chi connectivity index (χ2n) is 15.2. The van der Waals surface area contributed by atoms with Crippen LogP contribution < -0.4 is 21.3 Å². The number of likely N-dealkylation sites (N-methyl/N-ethyl adjacent to an activating group) is 1. The van der Waals surface area contributed by atoms with E-state index in [1.165, 1.54) is 18.2 Å². The standard InChI is InChI=1S/C25H15ClF2N4O.C24H32N4O5/c26-16-6-9-18-19(10-16)24(22-20(27)2-1-3-21(22)28)29-11-15-12-30-25(32-23(15)18)31-17-7-4-14(13-33)5-8-17;1-25-11-13-32-15-16-33-14-12-26-10-3-2-5-18-6-4-7-19-20(18)17-28(24(19)31)21-8-9-22(29)27-23(21)30/h1-10,12-13H,11H2,(H,30,31,32);4,6-7,21,25-26H,3,8-17H2,1H3,(H,27,29,30). The van der Waals surface area contributed by atoms with E-state index >= 15 is 0 Å². The first kappa shape index (κ1) is 47.2. The Hall–Kier alpha value is -6.74. The molecule has 0 aliphatic carbocycles. The molecule has 340 valence electrons. The maximum Gasteiger partial charge on any atom is 0.255 e. The van der Waals surface area contributed by atoms with E-state index in [-0.39, 0.29) is 36.1 Å². The zero-order chi connectivity index (χ0) is 46.4. The van der Waals surface area contributed by atoms with Crippen LogP contribution in [0.15, 0.2) is 90.1 Å². The maximum atomic E-state index is 14.6. The molecule has 0 radical (unpaired) electrons. The number of nitrogens with one attached hydrogen (secondary N) is 4. The van der Waals surface area contributed by atoms with Crippen molar-refractivity contribution in [2.24, 2.45) is 4.99 Å². The van der Waals surface area contributed by atoms with Crippen LogP contribution in [0.5, 0.6) is 0 Å². The smallest absolute Gasteiger partial charge is 0.255 e. The predicted octanol–water partition coefficient (Wildman–Crippen LogP) is 6.01. The lowest BCUT2D eigenvalue weighted by atomic mass is 9.95. The molecule has 66 heavy (non-hydrogen) atoms. The van der Waals surface area contributed by atoms with Crippen LogP contribution in [0.3, 0.4) is 0 Å². The van der Waals surface area contributed by atoms with Crippen LogP contribution in [-0.2, 0) is 32.2 Å². The number of hydrogen-bond donors (Lipinski definition) is 4. The summed E-state index contributed by atoms with van der Waals surface area (Å²) in [6.07, 6.45) is 3.66. The number of halogens is 3. The van der Waals surface area contributed by atoms with E-state index in [0.29, 0.717) is 96.0 Å². The minimum absolute atomic E-state index is 0.138. The van der Waals surface area contributed by atoms with Crippen molar-refractivity contribution in [1.82, 2.24) is 30.8 Å². The Morgan fingerprint density at radius 1 is 0.909 bits per heavy atom. The number of aldehydes is 1. The number of imide groups is 1. The normalized spacial score (nSPS) is 14.9. The minimum atomic E-state index is -0.710. The van der Waals surface area contributed by atoms with Crippen LogP contribution >= 0.6 is 11.6 Å². The molecule has 3 amide bonds. The van der Waals surface area contributed by atoms with Crippen molar-refractivity contribution in [2.75, 3.05) is 58.4 Å². The van der Waals surface area contributed by atoms with Gasteiger partial charge in [-0.05, 0) is 79.7 Å². The summed E-state index contributed by atoms with van der Waals surface area (Å²) in [6, 6.07) is 20.5. The van der Waals surface area contributed by atoms with E-state index in [4.69, 9.17) is 21.1 Å². The van der Waals surface area contributed by atoms with Gasteiger partial charge >= 0.3 is 0 Å². The van der Waals surface area contributed by atoms with Gasteiger partial charge in [0.25, 0.3) is 5.91 Å². The molecule has 1 aromatic heterocycles. The van der Waals surface area contributed by atoms with Crippen molar-refractivity contribution < 1.29 is 37.4 Å². The van der Waals surface area contributed by atoms with Crippen LogP contribution in [0.25, 0.3) is 11.3 Å². The van der Waals surface area contributed by atoms with Crippen molar-refractivity contribution in [2.45, 2.75) is 38.4 Å². The third kappa shape index (κ3) is 11.7. The molecule has 3 aliphatic heterocycles. The molecular weight excluding hydrogens is 870 g/mol. The van der Waals surface area contributed by atoms with Crippen molar-refractivity contribution >= 4 is 53.0 Å². The molecule has 1 unspecified atom stereocenters. The first-order valence-corrected chi connectivity index (χ1v) is 21.8. The van der Waals surface area contributed by atoms with E-state index in [0.717, 1.165) is 37.0 Å². The van der Waals surface area contributed by atoms with Gasteiger partial charge in [0.15, 0.2) is 0 Å².